The van der Waals surface area contributed by atoms with Crippen LogP contribution in [0.4, 0.5) is 17.1 Å². The molecule has 0 aliphatic carbocycles. The van der Waals surface area contributed by atoms with Crippen molar-refractivity contribution in [1.82, 2.24) is 9.13 Å². The summed E-state index contributed by atoms with van der Waals surface area (Å²) in [6.07, 6.45) is 0. The zero-order valence-electron chi connectivity index (χ0n) is 30.7. The smallest absolute Gasteiger partial charge is 0.247 e. The van der Waals surface area contributed by atoms with Crippen LogP contribution in [0.15, 0.2) is 182 Å². The number of hydrogen-bond donors (Lipinski definition) is 0. The fraction of sp³-hybridized carbons (Fsp3) is 0.0588. The highest BCUT2D eigenvalue weighted by Gasteiger charge is 2.47. The number of para-hydroxylation sites is 5. The van der Waals surface area contributed by atoms with Gasteiger partial charge in [0.05, 0.1) is 22.1 Å². The average molecular weight is 702 g/mol. The quantitative estimate of drug-likeness (QED) is 0.167. The van der Waals surface area contributed by atoms with E-state index in [-0.39, 0.29) is 12.1 Å². The minimum atomic E-state index is -0.287. The van der Waals surface area contributed by atoms with Gasteiger partial charge in [-0.1, -0.05) is 141 Å². The van der Waals surface area contributed by atoms with Gasteiger partial charge >= 0.3 is 0 Å². The fourth-order valence-corrected chi connectivity index (χ4v) is 10.3. The highest BCUT2D eigenvalue weighted by atomic mass is 15.2. The van der Waals surface area contributed by atoms with Gasteiger partial charge in [0, 0.05) is 55.4 Å². The van der Waals surface area contributed by atoms with Crippen molar-refractivity contribution < 1.29 is 0 Å². The van der Waals surface area contributed by atoms with Crippen LogP contribution in [0.25, 0.3) is 55.0 Å². The van der Waals surface area contributed by atoms with Crippen molar-refractivity contribution in [1.29, 1.82) is 0 Å². The molecule has 0 atom stereocenters. The minimum absolute atomic E-state index is 0.0408. The van der Waals surface area contributed by atoms with Gasteiger partial charge in [0.25, 0.3) is 0 Å². The Morgan fingerprint density at radius 1 is 0.418 bits per heavy atom. The summed E-state index contributed by atoms with van der Waals surface area (Å²) < 4.78 is 4.97. The van der Waals surface area contributed by atoms with E-state index < -0.39 is 0 Å². The highest BCUT2D eigenvalue weighted by molar-refractivity contribution is 6.99. The predicted molar refractivity (Wildman–Crippen MR) is 233 cm³/mol. The highest BCUT2D eigenvalue weighted by Crippen LogP contribution is 2.47. The van der Waals surface area contributed by atoms with Gasteiger partial charge in [-0.15, -0.1) is 0 Å². The van der Waals surface area contributed by atoms with E-state index in [0.29, 0.717) is 0 Å². The lowest BCUT2D eigenvalue weighted by Gasteiger charge is -2.45. The number of rotatable bonds is 3. The second-order valence-electron chi connectivity index (χ2n) is 15.7. The molecule has 2 aromatic heterocycles. The molecule has 4 heterocycles. The summed E-state index contributed by atoms with van der Waals surface area (Å²) in [5.41, 5.74) is 17.6. The molecule has 0 fully saturated rings. The largest absolute Gasteiger partial charge is 0.311 e. The summed E-state index contributed by atoms with van der Waals surface area (Å²) in [5, 5.41) is 5.13. The molecule has 2 aliphatic heterocycles. The van der Waals surface area contributed by atoms with Gasteiger partial charge in [-0.05, 0) is 82.7 Å². The number of benzene rings is 8. The van der Waals surface area contributed by atoms with Crippen molar-refractivity contribution in [3.8, 4) is 11.4 Å². The molecule has 0 N–H and O–H groups in total. The molecule has 8 aromatic carbocycles. The number of anilines is 3. The molecule has 0 bridgehead atoms. The number of aromatic nitrogens is 2. The third kappa shape index (κ3) is 4.06. The fourth-order valence-electron chi connectivity index (χ4n) is 10.3. The van der Waals surface area contributed by atoms with Gasteiger partial charge in [-0.2, -0.15) is 0 Å². The lowest BCUT2D eigenvalue weighted by molar-refractivity contribution is 0.649. The maximum atomic E-state index is 2.53. The lowest BCUT2D eigenvalue weighted by atomic mass is 9.30. The van der Waals surface area contributed by atoms with Gasteiger partial charge in [0.2, 0.25) is 6.71 Å². The van der Waals surface area contributed by atoms with E-state index in [9.17, 15) is 0 Å². The molecule has 0 unspecified atom stereocenters. The molecule has 3 nitrogen and oxygen atoms in total. The Balaban J connectivity index is 1.25. The molecule has 4 heteroatoms. The summed E-state index contributed by atoms with van der Waals surface area (Å²) in [7, 11) is 0. The van der Waals surface area contributed by atoms with Crippen molar-refractivity contribution in [3.05, 3.63) is 193 Å². The normalized spacial score (nSPS) is 14.1. The van der Waals surface area contributed by atoms with Crippen molar-refractivity contribution in [3.63, 3.8) is 0 Å². The van der Waals surface area contributed by atoms with Crippen molar-refractivity contribution in [2.24, 2.45) is 0 Å². The Hall–Kier alpha value is -6.78. The third-order valence-electron chi connectivity index (χ3n) is 12.5. The van der Waals surface area contributed by atoms with Crippen LogP contribution >= 0.6 is 0 Å². The third-order valence-corrected chi connectivity index (χ3v) is 12.5. The van der Waals surface area contributed by atoms with Crippen LogP contribution in [0.3, 0.4) is 0 Å². The molecular formula is C51H36BN3. The van der Waals surface area contributed by atoms with E-state index in [4.69, 9.17) is 0 Å². The van der Waals surface area contributed by atoms with Crippen LogP contribution in [-0.2, 0) is 5.41 Å². The molecule has 258 valence electrons. The van der Waals surface area contributed by atoms with Crippen LogP contribution in [-0.4, -0.2) is 15.8 Å². The van der Waals surface area contributed by atoms with Crippen LogP contribution in [0, 0.1) is 0 Å². The first kappa shape index (κ1) is 30.7. The summed E-state index contributed by atoms with van der Waals surface area (Å²) in [6.45, 7) is 4.94. The van der Waals surface area contributed by atoms with Gasteiger partial charge in [0.1, 0.15) is 0 Å². The van der Waals surface area contributed by atoms with Crippen LogP contribution in [0.2, 0.25) is 0 Å². The van der Waals surface area contributed by atoms with Gasteiger partial charge in [-0.25, -0.2) is 0 Å². The average Bonchev–Trinajstić information content (AvgIpc) is 3.74. The molecule has 2 aliphatic rings. The Labute approximate surface area is 320 Å². The first-order valence-electron chi connectivity index (χ1n) is 19.3. The molecule has 55 heavy (non-hydrogen) atoms. The number of fused-ring (bicyclic) bond motifs is 11. The molecular weight excluding hydrogens is 665 g/mol. The zero-order chi connectivity index (χ0) is 36.4. The van der Waals surface area contributed by atoms with Crippen LogP contribution < -0.4 is 21.3 Å². The number of nitrogens with zero attached hydrogens (tertiary/aromatic N) is 3. The van der Waals surface area contributed by atoms with E-state index in [1.807, 2.05) is 0 Å². The van der Waals surface area contributed by atoms with Gasteiger partial charge in [0.15, 0.2) is 0 Å². The van der Waals surface area contributed by atoms with Gasteiger partial charge < -0.3 is 14.0 Å². The summed E-state index contributed by atoms with van der Waals surface area (Å²) in [5.74, 6) is 0. The minimum Gasteiger partial charge on any atom is -0.311 e. The van der Waals surface area contributed by atoms with E-state index in [2.05, 4.69) is 210 Å². The Morgan fingerprint density at radius 3 is 1.69 bits per heavy atom. The maximum absolute atomic E-state index is 2.53. The van der Waals surface area contributed by atoms with E-state index in [0.717, 1.165) is 0 Å². The summed E-state index contributed by atoms with van der Waals surface area (Å²) in [4.78, 5) is 2.53. The molecule has 0 radical (unpaired) electrons. The molecule has 0 spiro atoms. The topological polar surface area (TPSA) is 13.1 Å². The maximum Gasteiger partial charge on any atom is 0.247 e. The van der Waals surface area contributed by atoms with Crippen molar-refractivity contribution in [2.75, 3.05) is 4.90 Å². The standard InChI is InChI=1S/C51H36BN3/c1-51(2)40-25-16-28-45-49(40)52(41-30-29-38-36-23-12-15-27-44(36)55(50(38)48(41)51)35-21-10-5-11-22-35)42-31-39-37-24-13-14-26-43(37)53(33-17-6-3-7-18-33)46(39)32-47(42)54(45)34-19-8-4-9-20-34/h3-32H,1-2H3. The molecule has 0 saturated carbocycles. The summed E-state index contributed by atoms with van der Waals surface area (Å²) >= 11 is 0. The van der Waals surface area contributed by atoms with E-state index >= 15 is 0 Å². The SMILES string of the molecule is CC1(C)c2cccc3c2B(c2cc4c5ccccc5n(-c5ccccc5)c4cc2N3c2ccccc2)c2ccc3c4ccccc4n(-c4ccccc4)c3c21. The molecule has 0 amide bonds. The Kier molecular flexibility index (Phi) is 6.20. The van der Waals surface area contributed by atoms with Crippen LogP contribution in [0.5, 0.6) is 0 Å². The first-order chi connectivity index (χ1) is 27.1. The molecule has 12 rings (SSSR count). The van der Waals surface area contributed by atoms with Crippen LogP contribution in [0.1, 0.15) is 25.0 Å². The van der Waals surface area contributed by atoms with Crippen molar-refractivity contribution in [2.45, 2.75) is 19.3 Å². The van der Waals surface area contributed by atoms with E-state index in [1.165, 1.54) is 99.6 Å². The monoisotopic (exact) mass is 701 g/mol. The van der Waals surface area contributed by atoms with E-state index in [1.54, 1.807) is 0 Å². The predicted octanol–water partition coefficient (Wildman–Crippen LogP) is 10.8. The second-order valence-corrected chi connectivity index (χ2v) is 15.7. The summed E-state index contributed by atoms with van der Waals surface area (Å²) in [6, 6.07) is 67.4. The second kappa shape index (κ2) is 11.1. The zero-order valence-corrected chi connectivity index (χ0v) is 30.7. The first-order valence-corrected chi connectivity index (χ1v) is 19.3. The molecule has 10 aromatic rings. The van der Waals surface area contributed by atoms with Crippen molar-refractivity contribution >= 4 is 83.8 Å². The number of hydrogen-bond acceptors (Lipinski definition) is 1. The lowest BCUT2D eigenvalue weighted by Crippen LogP contribution is -2.64. The molecule has 0 saturated heterocycles. The Morgan fingerprint density at radius 2 is 1.00 bits per heavy atom. The Bertz CT molecular complexity index is 3170. The van der Waals surface area contributed by atoms with Gasteiger partial charge in [-0.3, -0.25) is 0 Å².